The molecule has 0 aliphatic rings. The van der Waals surface area contributed by atoms with Crippen molar-refractivity contribution in [2.75, 3.05) is 19.5 Å². The van der Waals surface area contributed by atoms with Crippen LogP contribution in [-0.2, 0) is 0 Å². The van der Waals surface area contributed by atoms with E-state index in [4.69, 9.17) is 14.0 Å². The molecule has 8 nitrogen and oxygen atoms in total. The second-order valence-electron chi connectivity index (χ2n) is 4.97. The highest BCUT2D eigenvalue weighted by atomic mass is 16.5. The summed E-state index contributed by atoms with van der Waals surface area (Å²) in [4.78, 5) is 16.1. The quantitative estimate of drug-likeness (QED) is 0.734. The number of carbonyl (C=O) groups is 1. The first-order chi connectivity index (χ1) is 12.1. The van der Waals surface area contributed by atoms with E-state index in [0.717, 1.165) is 0 Å². The number of hydrogen-bond acceptors (Lipinski definition) is 7. The lowest BCUT2D eigenvalue weighted by molar-refractivity contribution is 0.101. The Balaban J connectivity index is 1.88. The summed E-state index contributed by atoms with van der Waals surface area (Å²) in [6.45, 7) is 0. The van der Waals surface area contributed by atoms with Crippen molar-refractivity contribution < 1.29 is 23.9 Å². The number of methoxy groups -OCH3 is 2. The summed E-state index contributed by atoms with van der Waals surface area (Å²) in [7, 11) is 3.07. The molecule has 0 unspecified atom stereocenters. The molecule has 0 saturated carbocycles. The van der Waals surface area contributed by atoms with Crippen LogP contribution in [0.2, 0.25) is 0 Å². The molecule has 2 N–H and O–H groups in total. The Morgan fingerprint density at radius 2 is 2.04 bits per heavy atom. The maximum atomic E-state index is 12.2. The zero-order chi connectivity index (χ0) is 17.8. The van der Waals surface area contributed by atoms with Gasteiger partial charge in [0.05, 0.1) is 19.8 Å². The van der Waals surface area contributed by atoms with Gasteiger partial charge in [-0.15, -0.1) is 0 Å². The van der Waals surface area contributed by atoms with Gasteiger partial charge in [-0.05, 0) is 30.3 Å². The fourth-order valence-electron chi connectivity index (χ4n) is 2.18. The molecule has 0 aliphatic heterocycles. The molecule has 0 aliphatic carbocycles. The van der Waals surface area contributed by atoms with Crippen LogP contribution in [0.15, 0.2) is 47.1 Å². The first-order valence-electron chi connectivity index (χ1n) is 7.27. The molecular weight excluding hydrogens is 326 g/mol. The monoisotopic (exact) mass is 341 g/mol. The van der Waals surface area contributed by atoms with E-state index in [2.05, 4.69) is 15.5 Å². The van der Waals surface area contributed by atoms with Gasteiger partial charge < -0.3 is 24.4 Å². The number of amides is 1. The number of anilines is 1. The number of ether oxygens (including phenoxy) is 2. The Labute approximate surface area is 143 Å². The van der Waals surface area contributed by atoms with Crippen molar-refractivity contribution in [2.24, 2.45) is 0 Å². The molecule has 0 spiro atoms. The number of nitrogens with zero attached hydrogens (tertiary/aromatic N) is 2. The zero-order valence-electron chi connectivity index (χ0n) is 13.5. The summed E-state index contributed by atoms with van der Waals surface area (Å²) in [5.41, 5.74) is 0.624. The van der Waals surface area contributed by atoms with Crippen LogP contribution < -0.4 is 14.8 Å². The third-order valence-corrected chi connectivity index (χ3v) is 3.43. The van der Waals surface area contributed by atoms with Crippen molar-refractivity contribution >= 4 is 11.7 Å². The van der Waals surface area contributed by atoms with Gasteiger partial charge in [0.25, 0.3) is 5.91 Å². The Kier molecular flexibility index (Phi) is 4.51. The smallest absolute Gasteiger partial charge is 0.279 e. The van der Waals surface area contributed by atoms with Crippen molar-refractivity contribution in [3.63, 3.8) is 0 Å². The predicted octanol–water partition coefficient (Wildman–Crippen LogP) is 2.71. The molecule has 0 atom stereocenters. The minimum Gasteiger partial charge on any atom is -0.504 e. The number of carbonyl (C=O) groups excluding carboxylic acids is 1. The lowest BCUT2D eigenvalue weighted by Crippen LogP contribution is -2.13. The van der Waals surface area contributed by atoms with Crippen molar-refractivity contribution in [1.29, 1.82) is 0 Å². The standard InChI is InChI=1S/C17H15N3O5/c1-23-10-5-6-14(24-2)11(8-10)15-9-12(20-25-15)17(22)19-16-13(21)4-3-7-18-16/h3-9,21H,1-2H3,(H,18,19,22). The summed E-state index contributed by atoms with van der Waals surface area (Å²) >= 11 is 0. The Hall–Kier alpha value is -3.55. The molecule has 1 aromatic carbocycles. The van der Waals surface area contributed by atoms with Crippen molar-refractivity contribution in [2.45, 2.75) is 0 Å². The molecule has 2 aromatic heterocycles. The fraction of sp³-hybridized carbons (Fsp3) is 0.118. The van der Waals surface area contributed by atoms with Crippen molar-refractivity contribution in [3.05, 3.63) is 48.3 Å². The van der Waals surface area contributed by atoms with Gasteiger partial charge in [-0.25, -0.2) is 4.98 Å². The summed E-state index contributed by atoms with van der Waals surface area (Å²) in [6, 6.07) is 9.61. The fourth-order valence-corrected chi connectivity index (χ4v) is 2.18. The van der Waals surface area contributed by atoms with Gasteiger partial charge in [-0.1, -0.05) is 5.16 Å². The molecule has 3 rings (SSSR count). The average molecular weight is 341 g/mol. The van der Waals surface area contributed by atoms with E-state index in [1.807, 2.05) is 0 Å². The van der Waals surface area contributed by atoms with Crippen LogP contribution in [-0.4, -0.2) is 35.4 Å². The molecule has 128 valence electrons. The molecule has 3 aromatic rings. The van der Waals surface area contributed by atoms with Crippen molar-refractivity contribution in [1.82, 2.24) is 10.1 Å². The Bertz CT molecular complexity index is 907. The minimum atomic E-state index is -0.564. The maximum absolute atomic E-state index is 12.2. The van der Waals surface area contributed by atoms with Gasteiger partial charge in [0.15, 0.2) is 23.0 Å². The minimum absolute atomic E-state index is 0.0323. The average Bonchev–Trinajstić information content (AvgIpc) is 3.13. The number of rotatable bonds is 5. The van der Waals surface area contributed by atoms with Gasteiger partial charge in [0.1, 0.15) is 11.5 Å². The third kappa shape index (κ3) is 3.37. The van der Waals surface area contributed by atoms with E-state index in [1.165, 1.54) is 25.4 Å². The van der Waals surface area contributed by atoms with Gasteiger partial charge in [-0.3, -0.25) is 4.79 Å². The highest BCUT2D eigenvalue weighted by molar-refractivity contribution is 6.03. The molecule has 0 saturated heterocycles. The Morgan fingerprint density at radius 1 is 1.20 bits per heavy atom. The molecule has 0 bridgehead atoms. The molecular formula is C17H15N3O5. The SMILES string of the molecule is COc1ccc(OC)c(-c2cc(C(=O)Nc3ncccc3O)no2)c1. The van der Waals surface area contributed by atoms with Crippen LogP contribution in [0.3, 0.4) is 0 Å². The summed E-state index contributed by atoms with van der Waals surface area (Å²) in [6.07, 6.45) is 1.45. The van der Waals surface area contributed by atoms with Crippen molar-refractivity contribution in [3.8, 4) is 28.6 Å². The lowest BCUT2D eigenvalue weighted by atomic mass is 10.1. The highest BCUT2D eigenvalue weighted by Gasteiger charge is 2.18. The molecule has 1 amide bonds. The molecule has 8 heteroatoms. The number of aromatic nitrogens is 2. The van der Waals surface area contributed by atoms with E-state index in [9.17, 15) is 9.90 Å². The van der Waals surface area contributed by atoms with E-state index >= 15 is 0 Å². The summed E-state index contributed by atoms with van der Waals surface area (Å²) in [5, 5.41) is 15.9. The van der Waals surface area contributed by atoms with Gasteiger partial charge in [0, 0.05) is 12.3 Å². The maximum Gasteiger partial charge on any atom is 0.279 e. The van der Waals surface area contributed by atoms with Gasteiger partial charge in [-0.2, -0.15) is 0 Å². The number of benzene rings is 1. The molecule has 2 heterocycles. The number of pyridine rings is 1. The van der Waals surface area contributed by atoms with Gasteiger partial charge in [0.2, 0.25) is 0 Å². The highest BCUT2D eigenvalue weighted by Crippen LogP contribution is 2.33. The lowest BCUT2D eigenvalue weighted by Gasteiger charge is -2.07. The third-order valence-electron chi connectivity index (χ3n) is 3.43. The predicted molar refractivity (Wildman–Crippen MR) is 88.9 cm³/mol. The molecule has 0 radical (unpaired) electrons. The van der Waals surface area contributed by atoms with Crippen LogP contribution in [0, 0.1) is 0 Å². The molecule has 25 heavy (non-hydrogen) atoms. The Morgan fingerprint density at radius 3 is 2.76 bits per heavy atom. The number of nitrogens with one attached hydrogen (secondary N) is 1. The topological polar surface area (TPSA) is 107 Å². The summed E-state index contributed by atoms with van der Waals surface area (Å²) in [5.74, 6) is 0.824. The second-order valence-corrected chi connectivity index (χ2v) is 4.97. The van der Waals surface area contributed by atoms with E-state index < -0.39 is 5.91 Å². The van der Waals surface area contributed by atoms with E-state index in [-0.39, 0.29) is 17.3 Å². The molecule has 0 fully saturated rings. The zero-order valence-corrected chi connectivity index (χ0v) is 13.5. The van der Waals surface area contributed by atoms with Crippen LogP contribution in [0.25, 0.3) is 11.3 Å². The van der Waals surface area contributed by atoms with E-state index in [1.54, 1.807) is 31.4 Å². The van der Waals surface area contributed by atoms with E-state index in [0.29, 0.717) is 22.8 Å². The normalized spacial score (nSPS) is 10.3. The first kappa shape index (κ1) is 16.3. The largest absolute Gasteiger partial charge is 0.504 e. The van der Waals surface area contributed by atoms with Crippen LogP contribution in [0.5, 0.6) is 17.2 Å². The first-order valence-corrected chi connectivity index (χ1v) is 7.27. The number of hydrogen-bond donors (Lipinski definition) is 2. The number of aromatic hydroxyl groups is 1. The van der Waals surface area contributed by atoms with Crippen LogP contribution in [0.1, 0.15) is 10.5 Å². The summed E-state index contributed by atoms with van der Waals surface area (Å²) < 4.78 is 15.7. The van der Waals surface area contributed by atoms with Gasteiger partial charge >= 0.3 is 0 Å². The van der Waals surface area contributed by atoms with Crippen LogP contribution >= 0.6 is 0 Å². The van der Waals surface area contributed by atoms with Crippen LogP contribution in [0.4, 0.5) is 5.82 Å². The second kappa shape index (κ2) is 6.91.